The van der Waals surface area contributed by atoms with Gasteiger partial charge in [0.1, 0.15) is 122 Å². The van der Waals surface area contributed by atoms with E-state index in [0.29, 0.717) is 0 Å². The summed E-state index contributed by atoms with van der Waals surface area (Å²) in [6.07, 6.45) is -47.2. The molecule has 0 aromatic rings. The minimum absolute atomic E-state index is 0.875. The van der Waals surface area contributed by atoms with E-state index in [4.69, 9.17) is 42.6 Å². The van der Waals surface area contributed by atoms with Crippen molar-refractivity contribution in [1.29, 1.82) is 0 Å². The van der Waals surface area contributed by atoms with Gasteiger partial charge in [-0.25, -0.2) is 4.18 Å². The van der Waals surface area contributed by atoms with Crippen LogP contribution < -0.4 is 5.32 Å². The van der Waals surface area contributed by atoms with Crippen molar-refractivity contribution >= 4 is 16.3 Å². The van der Waals surface area contributed by atoms with Gasteiger partial charge in [-0.2, -0.15) is 8.42 Å². The molecule has 5 saturated heterocycles. The first kappa shape index (κ1) is 52.4. The summed E-state index contributed by atoms with van der Waals surface area (Å²) in [6, 6.07) is -1.81. The second-order valence-electron chi connectivity index (χ2n) is 15.2. The predicted octanol–water partition coefficient (Wildman–Crippen LogP) is -12.0. The second-order valence-corrected chi connectivity index (χ2v) is 16.2. The van der Waals surface area contributed by atoms with E-state index >= 15 is 0 Å². The number of rotatable bonds is 16. The van der Waals surface area contributed by atoms with Crippen LogP contribution in [-0.4, -0.2) is 282 Å². The minimum Gasteiger partial charge on any atom is -0.394 e. The third-order valence-electron chi connectivity index (χ3n) is 10.9. The standard InChI is InChI=1S/C32H55NO29S/c1-7(39)33-13-25(60-32-22(48)27(62-63(50,51)52)16(42)10(4-36)56-32)14(40)8(2-34)54-29(13)61-26-15(41)9(3-35)55-31(21(26)47)59-24-12(6-38)57-30(20(46)18(24)44)58-23-11(5-37)53-28(49)19(45)17(23)43/h8-32,34-38,40-49H,2-6H2,1H3,(H,33,39)(H,50,51,52)/t8-,9-,10-,11-,12-,13-,14+,15+,16+,17-,18-,19-,20-,21-,22-,23-,24+,25-,26+,27+,28-,29+,30+,31-,32+/m1/s1. The molecule has 5 heterocycles. The highest BCUT2D eigenvalue weighted by molar-refractivity contribution is 7.80. The lowest BCUT2D eigenvalue weighted by Gasteiger charge is -2.50. The number of amides is 1. The fraction of sp³-hybridized carbons (Fsp3) is 0.969. The molecule has 5 aliphatic rings. The molecule has 0 aliphatic carbocycles. The fourth-order valence-corrected chi connectivity index (χ4v) is 8.18. The number of hydrogen-bond donors (Lipinski definition) is 17. The highest BCUT2D eigenvalue weighted by Gasteiger charge is 2.57. The van der Waals surface area contributed by atoms with Gasteiger partial charge in [0.05, 0.1) is 33.0 Å². The molecular weight excluding hydrogens is 894 g/mol. The van der Waals surface area contributed by atoms with Crippen molar-refractivity contribution in [1.82, 2.24) is 5.32 Å². The van der Waals surface area contributed by atoms with Gasteiger partial charge in [-0.3, -0.25) is 9.35 Å². The molecule has 368 valence electrons. The maximum Gasteiger partial charge on any atom is 0.397 e. The fourth-order valence-electron chi connectivity index (χ4n) is 7.67. The first-order valence-electron chi connectivity index (χ1n) is 19.3. The second kappa shape index (κ2) is 22.0. The van der Waals surface area contributed by atoms with Crippen LogP contribution in [0.1, 0.15) is 6.92 Å². The highest BCUT2D eigenvalue weighted by Crippen LogP contribution is 2.36. The Morgan fingerprint density at radius 1 is 0.460 bits per heavy atom. The monoisotopic (exact) mass is 949 g/mol. The molecule has 0 radical (unpaired) electrons. The van der Waals surface area contributed by atoms with Crippen molar-refractivity contribution in [3.8, 4) is 0 Å². The number of aliphatic hydroxyl groups is 15. The Labute approximate surface area is 356 Å². The third kappa shape index (κ3) is 11.6. The van der Waals surface area contributed by atoms with Gasteiger partial charge in [-0.15, -0.1) is 0 Å². The smallest absolute Gasteiger partial charge is 0.394 e. The summed E-state index contributed by atoms with van der Waals surface area (Å²) in [5.41, 5.74) is 0. The van der Waals surface area contributed by atoms with Crippen molar-refractivity contribution in [2.24, 2.45) is 0 Å². The molecule has 5 rings (SSSR count). The Morgan fingerprint density at radius 3 is 1.30 bits per heavy atom. The van der Waals surface area contributed by atoms with E-state index in [-0.39, 0.29) is 0 Å². The molecule has 0 unspecified atom stereocenters. The lowest BCUT2D eigenvalue weighted by Crippen LogP contribution is -2.70. The van der Waals surface area contributed by atoms with Crippen molar-refractivity contribution in [3.63, 3.8) is 0 Å². The van der Waals surface area contributed by atoms with E-state index in [1.54, 1.807) is 0 Å². The summed E-state index contributed by atoms with van der Waals surface area (Å²) in [7, 11) is -5.37. The SMILES string of the molecule is CC(=O)N[C@H]1[C@H](O[C@H]2[C@@H](O)[C@@H](CO)O[C@H](O[C@@H]3[C@H](O)[C@@H](O)[C@H](O[C@H]4[C@H](O)[C@@H](O)[C@H](O)O[C@@H]4CO)O[C@@H]3CO)[C@@H]2O)O[C@H](CO)[C@H](O)[C@@H]1O[C@@H]1O[C@H](CO)[C@H](O)[C@H](OS(=O)(=O)O)[C@H]1O. The van der Waals surface area contributed by atoms with Gasteiger partial charge >= 0.3 is 10.4 Å². The minimum atomic E-state index is -5.37. The van der Waals surface area contributed by atoms with E-state index < -0.39 is 203 Å². The molecule has 5 fully saturated rings. The number of nitrogens with one attached hydrogen (secondary N) is 1. The zero-order valence-electron chi connectivity index (χ0n) is 32.8. The zero-order chi connectivity index (χ0) is 46.8. The van der Waals surface area contributed by atoms with E-state index in [9.17, 15) is 94.4 Å². The normalized spacial score (nSPS) is 48.7. The number of aliphatic hydroxyl groups excluding tert-OH is 15. The average Bonchev–Trinajstić information content (AvgIpc) is 3.23. The van der Waals surface area contributed by atoms with E-state index in [0.717, 1.165) is 6.92 Å². The molecular formula is C32H55NO29S. The largest absolute Gasteiger partial charge is 0.397 e. The Kier molecular flexibility index (Phi) is 18.3. The van der Waals surface area contributed by atoms with Crippen LogP contribution in [0.2, 0.25) is 0 Å². The van der Waals surface area contributed by atoms with Crippen LogP contribution in [0.15, 0.2) is 0 Å². The predicted molar refractivity (Wildman–Crippen MR) is 189 cm³/mol. The van der Waals surface area contributed by atoms with Crippen molar-refractivity contribution < 1.29 is 141 Å². The van der Waals surface area contributed by atoms with E-state index in [2.05, 4.69) is 9.50 Å². The number of carbonyl (C=O) groups is 1. The molecule has 31 heteroatoms. The molecule has 63 heavy (non-hydrogen) atoms. The van der Waals surface area contributed by atoms with Crippen molar-refractivity contribution in [2.75, 3.05) is 33.0 Å². The molecule has 30 nitrogen and oxygen atoms in total. The van der Waals surface area contributed by atoms with Gasteiger partial charge in [0.15, 0.2) is 31.5 Å². The zero-order valence-corrected chi connectivity index (χ0v) is 33.7. The van der Waals surface area contributed by atoms with Gasteiger partial charge < -0.3 is 125 Å². The number of hydrogen-bond acceptors (Lipinski definition) is 28. The number of ether oxygens (including phenoxy) is 9. The van der Waals surface area contributed by atoms with Crippen LogP contribution in [0.4, 0.5) is 0 Å². The average molecular weight is 950 g/mol. The summed E-state index contributed by atoms with van der Waals surface area (Å²) >= 11 is 0. The van der Waals surface area contributed by atoms with Crippen molar-refractivity contribution in [2.45, 2.75) is 160 Å². The first-order valence-corrected chi connectivity index (χ1v) is 20.6. The highest BCUT2D eigenvalue weighted by atomic mass is 32.3. The van der Waals surface area contributed by atoms with E-state index in [1.807, 2.05) is 0 Å². The van der Waals surface area contributed by atoms with E-state index in [1.165, 1.54) is 0 Å². The van der Waals surface area contributed by atoms with Crippen LogP contribution in [0.5, 0.6) is 0 Å². The molecule has 0 aromatic heterocycles. The summed E-state index contributed by atoms with van der Waals surface area (Å²) in [5, 5.41) is 160. The summed E-state index contributed by atoms with van der Waals surface area (Å²) in [6.45, 7) is -4.04. The Bertz CT molecular complexity index is 1570. The lowest BCUT2D eigenvalue weighted by atomic mass is 9.94. The van der Waals surface area contributed by atoms with Crippen LogP contribution in [-0.2, 0) is 62.0 Å². The lowest BCUT2D eigenvalue weighted by molar-refractivity contribution is -0.388. The molecule has 0 bridgehead atoms. The molecule has 25 atom stereocenters. The van der Waals surface area contributed by atoms with Crippen LogP contribution in [0.25, 0.3) is 0 Å². The van der Waals surface area contributed by atoms with Crippen molar-refractivity contribution in [3.05, 3.63) is 0 Å². The molecule has 1 amide bonds. The molecule has 0 aromatic carbocycles. The first-order chi connectivity index (χ1) is 29.6. The Hall–Kier alpha value is -1.62. The third-order valence-corrected chi connectivity index (χ3v) is 11.4. The van der Waals surface area contributed by atoms with Gasteiger partial charge in [-0.05, 0) is 0 Å². The van der Waals surface area contributed by atoms with Crippen LogP contribution in [0, 0.1) is 0 Å². The number of carbonyl (C=O) groups excluding carboxylic acids is 1. The maximum absolute atomic E-state index is 12.5. The maximum atomic E-state index is 12.5. The van der Waals surface area contributed by atoms with Crippen LogP contribution in [0.3, 0.4) is 0 Å². The molecule has 5 aliphatic heterocycles. The Morgan fingerprint density at radius 2 is 0.825 bits per heavy atom. The topological polar surface area (TPSA) is 479 Å². The quantitative estimate of drug-likeness (QED) is 0.0639. The Balaban J connectivity index is 1.37. The summed E-state index contributed by atoms with van der Waals surface area (Å²) in [5.74, 6) is -0.891. The molecule has 17 N–H and O–H groups in total. The van der Waals surface area contributed by atoms with Crippen LogP contribution >= 0.6 is 0 Å². The summed E-state index contributed by atoms with van der Waals surface area (Å²) in [4.78, 5) is 12.5. The summed E-state index contributed by atoms with van der Waals surface area (Å²) < 4.78 is 86.6. The van der Waals surface area contributed by atoms with Gasteiger partial charge in [0, 0.05) is 6.92 Å². The van der Waals surface area contributed by atoms with Gasteiger partial charge in [0.2, 0.25) is 5.91 Å². The molecule has 0 spiro atoms. The van der Waals surface area contributed by atoms with Gasteiger partial charge in [0.25, 0.3) is 0 Å². The molecule has 0 saturated carbocycles. The van der Waals surface area contributed by atoms with Gasteiger partial charge in [-0.1, -0.05) is 0 Å².